The molecule has 3 amide bonds. The van der Waals surface area contributed by atoms with Crippen LogP contribution in [-0.2, 0) is 4.79 Å². The van der Waals surface area contributed by atoms with E-state index >= 15 is 0 Å². The number of fused-ring (bicyclic) bond motifs is 2. The van der Waals surface area contributed by atoms with Crippen LogP contribution in [-0.4, -0.2) is 29.8 Å². The molecule has 1 aliphatic heterocycles. The molecule has 4 rings (SSSR count). The molecule has 0 aromatic heterocycles. The van der Waals surface area contributed by atoms with Crippen molar-refractivity contribution in [3.63, 3.8) is 0 Å². The van der Waals surface area contributed by atoms with E-state index in [4.69, 9.17) is 0 Å². The highest BCUT2D eigenvalue weighted by Gasteiger charge is 2.29. The molecule has 0 saturated heterocycles. The lowest BCUT2D eigenvalue weighted by molar-refractivity contribution is -0.117. The fourth-order valence-electron chi connectivity index (χ4n) is 3.66. The van der Waals surface area contributed by atoms with Crippen LogP contribution in [0.2, 0.25) is 0 Å². The van der Waals surface area contributed by atoms with Crippen molar-refractivity contribution in [1.82, 2.24) is 5.32 Å². The Hall–Kier alpha value is -3.58. The first kappa shape index (κ1) is 22.6. The van der Waals surface area contributed by atoms with Crippen molar-refractivity contribution in [3.8, 4) is 0 Å². The van der Waals surface area contributed by atoms with E-state index in [0.29, 0.717) is 16.8 Å². The molecule has 0 fully saturated rings. The molecular weight excluding hydrogens is 434 g/mol. The Morgan fingerprint density at radius 2 is 1.58 bits per heavy atom. The largest absolute Gasteiger partial charge is 0.341 e. The Morgan fingerprint density at radius 1 is 0.879 bits per heavy atom. The van der Waals surface area contributed by atoms with Crippen LogP contribution in [0.3, 0.4) is 0 Å². The van der Waals surface area contributed by atoms with Gasteiger partial charge >= 0.3 is 0 Å². The molecule has 1 heterocycles. The molecule has 0 aliphatic carbocycles. The number of carbonyl (C=O) groups excluding carboxylic acids is 3. The summed E-state index contributed by atoms with van der Waals surface area (Å²) in [5.74, 6) is -0.672. The first-order chi connectivity index (χ1) is 15.8. The van der Waals surface area contributed by atoms with Crippen LogP contribution in [0.25, 0.3) is 0 Å². The summed E-state index contributed by atoms with van der Waals surface area (Å²) in [6.45, 7) is 5.60. The Labute approximate surface area is 197 Å². The number of anilines is 2. The predicted octanol–water partition coefficient (Wildman–Crippen LogP) is 4.96. The lowest BCUT2D eigenvalue weighted by atomic mass is 10.1. The third-order valence-corrected chi connectivity index (χ3v) is 6.46. The molecule has 0 saturated carbocycles. The normalized spacial score (nSPS) is 13.6. The summed E-state index contributed by atoms with van der Waals surface area (Å²) in [5, 5.41) is 5.60. The molecule has 0 radical (unpaired) electrons. The van der Waals surface area contributed by atoms with Gasteiger partial charge in [0.2, 0.25) is 5.91 Å². The SMILES string of the molecule is CC(NC(=O)c1ccccc1)C(=O)Nc1ccc2c(c1)Sc1ccccc1C(=O)N2C(C)C. The molecule has 1 unspecified atom stereocenters. The zero-order valence-electron chi connectivity index (χ0n) is 18.7. The van der Waals surface area contributed by atoms with E-state index < -0.39 is 6.04 Å². The Morgan fingerprint density at radius 3 is 2.30 bits per heavy atom. The van der Waals surface area contributed by atoms with Crippen LogP contribution < -0.4 is 15.5 Å². The quantitative estimate of drug-likeness (QED) is 0.565. The van der Waals surface area contributed by atoms with E-state index in [2.05, 4.69) is 10.6 Å². The minimum atomic E-state index is -0.723. The van der Waals surface area contributed by atoms with Crippen molar-refractivity contribution in [2.24, 2.45) is 0 Å². The molecule has 7 heteroatoms. The molecular formula is C26H25N3O3S. The van der Waals surface area contributed by atoms with Crippen LogP contribution in [0.1, 0.15) is 41.5 Å². The van der Waals surface area contributed by atoms with Gasteiger partial charge in [-0.25, -0.2) is 0 Å². The highest BCUT2D eigenvalue weighted by molar-refractivity contribution is 7.99. The Balaban J connectivity index is 1.55. The molecule has 168 valence electrons. The predicted molar refractivity (Wildman–Crippen MR) is 131 cm³/mol. The number of benzene rings is 3. The zero-order chi connectivity index (χ0) is 23.5. The lowest BCUT2D eigenvalue weighted by Crippen LogP contribution is -2.41. The van der Waals surface area contributed by atoms with Crippen molar-refractivity contribution in [1.29, 1.82) is 0 Å². The molecule has 0 spiro atoms. The summed E-state index contributed by atoms with van der Waals surface area (Å²) in [6.07, 6.45) is 0. The second-order valence-electron chi connectivity index (χ2n) is 8.10. The molecule has 33 heavy (non-hydrogen) atoms. The summed E-state index contributed by atoms with van der Waals surface area (Å²) in [6, 6.07) is 21.1. The number of nitrogens with one attached hydrogen (secondary N) is 2. The highest BCUT2D eigenvalue weighted by atomic mass is 32.2. The summed E-state index contributed by atoms with van der Waals surface area (Å²) in [7, 11) is 0. The van der Waals surface area contributed by atoms with Gasteiger partial charge in [-0.3, -0.25) is 14.4 Å². The monoisotopic (exact) mass is 459 g/mol. The van der Waals surface area contributed by atoms with Crippen LogP contribution in [0.15, 0.2) is 82.6 Å². The summed E-state index contributed by atoms with van der Waals surface area (Å²) >= 11 is 1.50. The number of rotatable bonds is 5. The maximum atomic E-state index is 13.2. The zero-order valence-corrected chi connectivity index (χ0v) is 19.5. The van der Waals surface area contributed by atoms with E-state index in [1.54, 1.807) is 42.2 Å². The van der Waals surface area contributed by atoms with Gasteiger partial charge in [0.25, 0.3) is 11.8 Å². The van der Waals surface area contributed by atoms with Crippen molar-refractivity contribution in [3.05, 3.63) is 83.9 Å². The Bertz CT molecular complexity index is 1210. The average Bonchev–Trinajstić information content (AvgIpc) is 2.93. The highest BCUT2D eigenvalue weighted by Crippen LogP contribution is 2.43. The summed E-state index contributed by atoms with van der Waals surface area (Å²) < 4.78 is 0. The van der Waals surface area contributed by atoms with Crippen molar-refractivity contribution < 1.29 is 14.4 Å². The van der Waals surface area contributed by atoms with Crippen LogP contribution in [0.4, 0.5) is 11.4 Å². The van der Waals surface area contributed by atoms with Crippen LogP contribution in [0.5, 0.6) is 0 Å². The van der Waals surface area contributed by atoms with Gasteiger partial charge in [0.15, 0.2) is 0 Å². The molecule has 0 bridgehead atoms. The first-order valence-electron chi connectivity index (χ1n) is 10.8. The molecule has 3 aromatic carbocycles. The fourth-order valence-corrected chi connectivity index (χ4v) is 4.77. The smallest absolute Gasteiger partial charge is 0.259 e. The number of hydrogen-bond donors (Lipinski definition) is 2. The lowest BCUT2D eigenvalue weighted by Gasteiger charge is -2.27. The summed E-state index contributed by atoms with van der Waals surface area (Å²) in [4.78, 5) is 41.8. The van der Waals surface area contributed by atoms with Gasteiger partial charge < -0.3 is 15.5 Å². The molecule has 2 N–H and O–H groups in total. The number of hydrogen-bond acceptors (Lipinski definition) is 4. The second kappa shape index (κ2) is 9.50. The number of nitrogens with zero attached hydrogens (tertiary/aromatic N) is 1. The number of amides is 3. The van der Waals surface area contributed by atoms with E-state index in [1.165, 1.54) is 11.8 Å². The van der Waals surface area contributed by atoms with E-state index in [9.17, 15) is 14.4 Å². The van der Waals surface area contributed by atoms with Gasteiger partial charge in [0.05, 0.1) is 11.3 Å². The minimum Gasteiger partial charge on any atom is -0.341 e. The van der Waals surface area contributed by atoms with E-state index in [-0.39, 0.29) is 23.8 Å². The third-order valence-electron chi connectivity index (χ3n) is 5.34. The second-order valence-corrected chi connectivity index (χ2v) is 9.18. The van der Waals surface area contributed by atoms with Crippen molar-refractivity contribution in [2.45, 2.75) is 42.6 Å². The molecule has 6 nitrogen and oxygen atoms in total. The summed E-state index contributed by atoms with van der Waals surface area (Å²) in [5.41, 5.74) is 2.56. The van der Waals surface area contributed by atoms with Gasteiger partial charge in [0.1, 0.15) is 6.04 Å². The van der Waals surface area contributed by atoms with Gasteiger partial charge in [-0.2, -0.15) is 0 Å². The minimum absolute atomic E-state index is 0.0309. The van der Waals surface area contributed by atoms with Crippen LogP contribution in [0, 0.1) is 0 Å². The van der Waals surface area contributed by atoms with Crippen LogP contribution >= 0.6 is 11.8 Å². The molecule has 1 atom stereocenters. The third kappa shape index (κ3) is 4.78. The van der Waals surface area contributed by atoms with E-state index in [0.717, 1.165) is 15.5 Å². The average molecular weight is 460 g/mol. The standard InChI is InChI=1S/C26H25N3O3S/c1-16(2)29-21-14-13-19(15-23(21)33-22-12-8-7-11-20(22)26(29)32)28-24(30)17(3)27-25(31)18-9-5-4-6-10-18/h4-17H,1-3H3,(H,27,31)(H,28,30). The first-order valence-corrected chi connectivity index (χ1v) is 11.6. The molecule has 3 aromatic rings. The van der Waals surface area contributed by atoms with Gasteiger partial charge in [-0.05, 0) is 63.2 Å². The van der Waals surface area contributed by atoms with Gasteiger partial charge in [-0.15, -0.1) is 0 Å². The van der Waals surface area contributed by atoms with Crippen molar-refractivity contribution >= 4 is 40.9 Å². The van der Waals surface area contributed by atoms with E-state index in [1.807, 2.05) is 56.3 Å². The van der Waals surface area contributed by atoms with Gasteiger partial charge in [-0.1, -0.05) is 42.1 Å². The maximum absolute atomic E-state index is 13.2. The van der Waals surface area contributed by atoms with Gasteiger partial charge in [0, 0.05) is 27.1 Å². The molecule has 1 aliphatic rings. The van der Waals surface area contributed by atoms with Crippen molar-refractivity contribution in [2.75, 3.05) is 10.2 Å². The Kier molecular flexibility index (Phi) is 6.51. The number of carbonyl (C=O) groups is 3. The topological polar surface area (TPSA) is 78.5 Å². The fraction of sp³-hybridized carbons (Fsp3) is 0.192. The maximum Gasteiger partial charge on any atom is 0.259 e.